The number of rotatable bonds is 19. The van der Waals surface area contributed by atoms with Crippen LogP contribution >= 0.6 is 0 Å². The lowest BCUT2D eigenvalue weighted by atomic mass is 9.92. The van der Waals surface area contributed by atoms with Crippen molar-refractivity contribution in [1.82, 2.24) is 31.5 Å². The summed E-state index contributed by atoms with van der Waals surface area (Å²) in [6, 6.07) is 33.4. The summed E-state index contributed by atoms with van der Waals surface area (Å²) in [5.41, 5.74) is 1.02. The molecule has 1 heterocycles. The number of hydrogen-bond acceptors (Lipinski definition) is 7. The van der Waals surface area contributed by atoms with E-state index >= 15 is 0 Å². The molecule has 64 heavy (non-hydrogen) atoms. The van der Waals surface area contributed by atoms with Crippen LogP contribution in [-0.4, -0.2) is 89.1 Å². The van der Waals surface area contributed by atoms with E-state index in [4.69, 9.17) is 0 Å². The molecule has 1 aliphatic rings. The summed E-state index contributed by atoms with van der Waals surface area (Å²) in [5, 5.41) is 18.2. The van der Waals surface area contributed by atoms with E-state index in [9.17, 15) is 28.8 Å². The third kappa shape index (κ3) is 12.0. The maximum Gasteiger partial charge on any atom is 0.245 e. The van der Waals surface area contributed by atoms with E-state index in [0.29, 0.717) is 6.42 Å². The van der Waals surface area contributed by atoms with Crippen LogP contribution in [0.2, 0.25) is 0 Å². The number of hydrogen-bond donors (Lipinski definition) is 5. The Bertz CT molecular complexity index is 2460. The Labute approximate surface area is 376 Å². The molecule has 0 unspecified atom stereocenters. The second-order valence-corrected chi connectivity index (χ2v) is 18.0. The van der Waals surface area contributed by atoms with E-state index in [-0.39, 0.29) is 49.0 Å². The van der Waals surface area contributed by atoms with Gasteiger partial charge in [-0.2, -0.15) is 0 Å². The quantitative estimate of drug-likeness (QED) is 0.0723. The fraction of sp³-hybridized carbons (Fsp3) is 0.385. The molecule has 6 rings (SSSR count). The normalized spacial score (nSPS) is 15.7. The summed E-state index contributed by atoms with van der Waals surface area (Å²) in [4.78, 5) is 85.2. The van der Waals surface area contributed by atoms with Crippen molar-refractivity contribution in [3.63, 3.8) is 0 Å². The SMILES string of the molecule is CC(C)C(=O)[C@@H](Cc1cccc2ccccc12)NC(=O)[C@@H](Cc1ccccc1)NC(=O)C(C)(C)NC(=O)CNC(=O)[C@@H](Cc1cccc2ccccc12)NC(=O)[C@H]1CCCN1C(C)C. The molecule has 4 atom stereocenters. The summed E-state index contributed by atoms with van der Waals surface area (Å²) in [7, 11) is 0. The first kappa shape index (κ1) is 47.1. The van der Waals surface area contributed by atoms with Gasteiger partial charge in [-0.3, -0.25) is 33.7 Å². The number of carbonyl (C=O) groups excluding carboxylic acids is 6. The standard InChI is InChI=1S/C52H62N6O6/c1-33(2)47(60)42(30-38-23-14-21-36-19-10-12-25-40(36)38)54-49(62)43(29-35-17-8-7-9-18-35)56-51(64)52(5,6)57-46(59)32-53-48(61)44(55-50(63)45-27-16-28-58(45)34(3)4)31-39-24-15-22-37-20-11-13-26-41(37)39/h7-15,17-26,33-34,42-45H,16,27-32H2,1-6H3,(H,53,61)(H,54,62)(H,55,63)(H,56,64)(H,57,59)/t42-,43-,44-,45-/m1/s1. The zero-order valence-corrected chi connectivity index (χ0v) is 37.8. The molecular formula is C52H62N6O6. The molecule has 0 bridgehead atoms. The molecule has 5 amide bonds. The number of nitrogens with zero attached hydrogens (tertiary/aromatic N) is 1. The number of likely N-dealkylation sites (tertiary alicyclic amines) is 1. The van der Waals surface area contributed by atoms with Gasteiger partial charge in [0.1, 0.15) is 17.6 Å². The number of Topliss-reactive ketones (excluding diaryl/α,β-unsaturated/α-hetero) is 1. The molecule has 5 aromatic carbocycles. The van der Waals surface area contributed by atoms with Crippen LogP contribution in [-0.2, 0) is 48.0 Å². The van der Waals surface area contributed by atoms with E-state index < -0.39 is 53.8 Å². The predicted octanol–water partition coefficient (Wildman–Crippen LogP) is 5.58. The average molecular weight is 867 g/mol. The first-order chi connectivity index (χ1) is 30.6. The number of amides is 5. The van der Waals surface area contributed by atoms with Crippen LogP contribution < -0.4 is 26.6 Å². The van der Waals surface area contributed by atoms with Crippen molar-refractivity contribution in [1.29, 1.82) is 0 Å². The van der Waals surface area contributed by atoms with Gasteiger partial charge in [0.05, 0.1) is 18.6 Å². The number of benzene rings is 5. The van der Waals surface area contributed by atoms with Crippen LogP contribution in [0.3, 0.4) is 0 Å². The van der Waals surface area contributed by atoms with E-state index in [1.807, 2.05) is 129 Å². The molecule has 1 aliphatic heterocycles. The van der Waals surface area contributed by atoms with E-state index in [1.165, 1.54) is 13.8 Å². The Morgan fingerprint density at radius 3 is 1.77 bits per heavy atom. The Hall–Kier alpha value is -6.40. The first-order valence-electron chi connectivity index (χ1n) is 22.4. The molecule has 12 nitrogen and oxygen atoms in total. The van der Waals surface area contributed by atoms with Gasteiger partial charge in [0.25, 0.3) is 0 Å². The molecule has 5 aromatic rings. The van der Waals surface area contributed by atoms with Crippen molar-refractivity contribution < 1.29 is 28.8 Å². The minimum atomic E-state index is -1.54. The summed E-state index contributed by atoms with van der Waals surface area (Å²) < 4.78 is 0. The average Bonchev–Trinajstić information content (AvgIpc) is 3.79. The van der Waals surface area contributed by atoms with E-state index in [2.05, 4.69) is 31.5 Å². The van der Waals surface area contributed by atoms with Crippen LogP contribution in [0.1, 0.15) is 71.1 Å². The van der Waals surface area contributed by atoms with Crippen molar-refractivity contribution in [3.05, 3.63) is 132 Å². The Kier molecular flexibility index (Phi) is 15.7. The van der Waals surface area contributed by atoms with Gasteiger partial charge in [-0.05, 0) is 85.3 Å². The molecule has 1 fully saturated rings. The molecule has 0 spiro atoms. The van der Waals surface area contributed by atoms with Crippen molar-refractivity contribution in [2.75, 3.05) is 13.1 Å². The van der Waals surface area contributed by atoms with Crippen molar-refractivity contribution in [2.45, 2.75) is 109 Å². The highest BCUT2D eigenvalue weighted by atomic mass is 16.2. The van der Waals surface area contributed by atoms with Gasteiger partial charge in [0.15, 0.2) is 5.78 Å². The van der Waals surface area contributed by atoms with Gasteiger partial charge < -0.3 is 26.6 Å². The number of nitrogens with one attached hydrogen (secondary N) is 5. The zero-order chi connectivity index (χ0) is 46.0. The third-order valence-corrected chi connectivity index (χ3v) is 12.1. The Morgan fingerprint density at radius 2 is 1.17 bits per heavy atom. The molecule has 336 valence electrons. The van der Waals surface area contributed by atoms with Crippen molar-refractivity contribution in [3.8, 4) is 0 Å². The molecule has 12 heteroatoms. The summed E-state index contributed by atoms with van der Waals surface area (Å²) in [5.74, 6) is -3.12. The first-order valence-corrected chi connectivity index (χ1v) is 22.4. The summed E-state index contributed by atoms with van der Waals surface area (Å²) in [6.45, 7) is 11.0. The number of ketones is 1. The fourth-order valence-corrected chi connectivity index (χ4v) is 8.58. The molecular weight excluding hydrogens is 805 g/mol. The van der Waals surface area contributed by atoms with Crippen molar-refractivity contribution in [2.24, 2.45) is 5.92 Å². The third-order valence-electron chi connectivity index (χ3n) is 12.1. The zero-order valence-electron chi connectivity index (χ0n) is 37.8. The van der Waals surface area contributed by atoms with Gasteiger partial charge in [0, 0.05) is 31.2 Å². The summed E-state index contributed by atoms with van der Waals surface area (Å²) in [6.07, 6.45) is 2.13. The number of carbonyl (C=O) groups is 6. The Morgan fingerprint density at radius 1 is 0.625 bits per heavy atom. The van der Waals surface area contributed by atoms with Gasteiger partial charge in [-0.1, -0.05) is 129 Å². The van der Waals surface area contributed by atoms with E-state index in [0.717, 1.165) is 51.2 Å². The lowest BCUT2D eigenvalue weighted by Crippen LogP contribution is -2.61. The Balaban J connectivity index is 1.14. The molecule has 0 saturated carbocycles. The molecule has 0 aromatic heterocycles. The largest absolute Gasteiger partial charge is 0.345 e. The molecule has 0 aliphatic carbocycles. The number of fused-ring (bicyclic) bond motifs is 2. The smallest absolute Gasteiger partial charge is 0.245 e. The minimum Gasteiger partial charge on any atom is -0.345 e. The fourth-order valence-electron chi connectivity index (χ4n) is 8.58. The topological polar surface area (TPSA) is 166 Å². The van der Waals surface area contributed by atoms with Crippen LogP contribution in [0.4, 0.5) is 0 Å². The maximum absolute atomic E-state index is 14.2. The highest BCUT2D eigenvalue weighted by molar-refractivity contribution is 5.98. The van der Waals surface area contributed by atoms with Crippen LogP contribution in [0.5, 0.6) is 0 Å². The van der Waals surface area contributed by atoms with Crippen LogP contribution in [0.15, 0.2) is 115 Å². The summed E-state index contributed by atoms with van der Waals surface area (Å²) >= 11 is 0. The second kappa shape index (κ2) is 21.3. The van der Waals surface area contributed by atoms with Gasteiger partial charge in [0.2, 0.25) is 29.5 Å². The van der Waals surface area contributed by atoms with Crippen LogP contribution in [0, 0.1) is 5.92 Å². The minimum absolute atomic E-state index is 0.120. The van der Waals surface area contributed by atoms with Gasteiger partial charge >= 0.3 is 0 Å². The molecule has 0 radical (unpaired) electrons. The molecule has 5 N–H and O–H groups in total. The predicted molar refractivity (Wildman–Crippen MR) is 251 cm³/mol. The van der Waals surface area contributed by atoms with E-state index in [1.54, 1.807) is 13.8 Å². The lowest BCUT2D eigenvalue weighted by molar-refractivity contribution is -0.136. The monoisotopic (exact) mass is 866 g/mol. The second-order valence-electron chi connectivity index (χ2n) is 18.0. The maximum atomic E-state index is 14.2. The highest BCUT2D eigenvalue weighted by Gasteiger charge is 2.37. The van der Waals surface area contributed by atoms with Crippen molar-refractivity contribution >= 4 is 56.9 Å². The lowest BCUT2D eigenvalue weighted by Gasteiger charge is -2.30. The van der Waals surface area contributed by atoms with Gasteiger partial charge in [-0.25, -0.2) is 0 Å². The molecule has 1 saturated heterocycles. The van der Waals surface area contributed by atoms with Gasteiger partial charge in [-0.15, -0.1) is 0 Å². The highest BCUT2D eigenvalue weighted by Crippen LogP contribution is 2.24. The van der Waals surface area contributed by atoms with Crippen LogP contribution in [0.25, 0.3) is 21.5 Å².